The van der Waals surface area contributed by atoms with E-state index in [1.54, 1.807) is 0 Å². The molecule has 45 heavy (non-hydrogen) atoms. The molecular weight excluding hydrogens is 581 g/mol. The van der Waals surface area contributed by atoms with Crippen LogP contribution < -0.4 is 21.7 Å². The fourth-order valence-electron chi connectivity index (χ4n) is 5.31. The molecule has 15 heteroatoms. The third-order valence-corrected chi connectivity index (χ3v) is 7.63. The average molecular weight is 628 g/mol. The summed E-state index contributed by atoms with van der Waals surface area (Å²) in [6, 6.07) is 6.06. The zero-order chi connectivity index (χ0) is 32.8. The molecule has 1 fully saturated rings. The van der Waals surface area contributed by atoms with E-state index in [0.717, 1.165) is 5.56 Å². The summed E-state index contributed by atoms with van der Waals surface area (Å²) in [7, 11) is -1.71. The maximum absolute atomic E-state index is 13.7. The van der Waals surface area contributed by atoms with Crippen LogP contribution >= 0.6 is 0 Å². The SMILES string of the molecule is CC(C)C[C@H](NC(=O)[C@H](CCCCN)NC(=O)OCc1ccccc1)C(=O)N[C@@H](Cc1cnc[nH]1)C(=O)N1CCC[C@H]1B(O)O. The number of likely N-dealkylation sites (tertiary alicyclic amines) is 1. The fourth-order valence-corrected chi connectivity index (χ4v) is 5.31. The second kappa shape index (κ2) is 18.1. The second-order valence-corrected chi connectivity index (χ2v) is 11.7. The molecular formula is C30H46BN7O7. The number of aromatic amines is 1. The average Bonchev–Trinajstić information content (AvgIpc) is 3.72. The molecule has 8 N–H and O–H groups in total. The van der Waals surface area contributed by atoms with Gasteiger partial charge in [0, 0.05) is 24.9 Å². The Morgan fingerprint density at radius 3 is 2.42 bits per heavy atom. The van der Waals surface area contributed by atoms with Gasteiger partial charge in [-0.25, -0.2) is 9.78 Å². The molecule has 1 aromatic carbocycles. The number of alkyl carbamates (subject to hydrolysis) is 1. The van der Waals surface area contributed by atoms with Crippen LogP contribution in [0.4, 0.5) is 4.79 Å². The van der Waals surface area contributed by atoms with Crippen LogP contribution in [0.2, 0.25) is 0 Å². The standard InChI is InChI=1S/C30H46BN7O7/c1-20(2)15-24(35-27(39)23(11-6-7-13-32)37-30(42)45-18-21-9-4-3-5-10-21)28(40)36-25(16-22-17-33-19-34-22)29(41)38-14-8-12-26(38)31(43)44/h3-5,9-10,17,19-20,23-26,43-44H,6-8,11-16,18,32H2,1-2H3,(H,33,34)(H,35,39)(H,36,40)(H,37,42)/t23-,24-,25-,26-/m0/s1. The Hall–Kier alpha value is -3.95. The van der Waals surface area contributed by atoms with Crippen LogP contribution in [0.25, 0.3) is 0 Å². The maximum Gasteiger partial charge on any atom is 0.475 e. The number of nitrogens with two attached hydrogens (primary N) is 1. The highest BCUT2D eigenvalue weighted by atomic mass is 16.5. The first-order chi connectivity index (χ1) is 21.6. The maximum atomic E-state index is 13.7. The Morgan fingerprint density at radius 2 is 1.78 bits per heavy atom. The topological polar surface area (TPSA) is 212 Å². The van der Waals surface area contributed by atoms with Gasteiger partial charge >= 0.3 is 13.2 Å². The highest BCUT2D eigenvalue weighted by molar-refractivity contribution is 6.43. The predicted octanol–water partition coefficient (Wildman–Crippen LogP) is 0.395. The summed E-state index contributed by atoms with van der Waals surface area (Å²) >= 11 is 0. The van der Waals surface area contributed by atoms with Crippen molar-refractivity contribution in [2.75, 3.05) is 13.1 Å². The highest BCUT2D eigenvalue weighted by Crippen LogP contribution is 2.20. The van der Waals surface area contributed by atoms with E-state index in [4.69, 9.17) is 10.5 Å². The summed E-state index contributed by atoms with van der Waals surface area (Å²) in [4.78, 5) is 61.8. The van der Waals surface area contributed by atoms with Crippen LogP contribution in [0.3, 0.4) is 0 Å². The molecule has 14 nitrogen and oxygen atoms in total. The normalized spacial score (nSPS) is 16.5. The number of H-pyrrole nitrogens is 1. The molecule has 1 aliphatic rings. The zero-order valence-electron chi connectivity index (χ0n) is 26.0. The number of benzene rings is 1. The number of nitrogens with zero attached hydrogens (tertiary/aromatic N) is 2. The van der Waals surface area contributed by atoms with Crippen molar-refractivity contribution in [2.24, 2.45) is 11.7 Å². The molecule has 0 aliphatic carbocycles. The number of hydrogen-bond donors (Lipinski definition) is 7. The monoisotopic (exact) mass is 627 g/mol. The molecule has 0 saturated carbocycles. The summed E-state index contributed by atoms with van der Waals surface area (Å²) in [5.41, 5.74) is 7.02. The highest BCUT2D eigenvalue weighted by Gasteiger charge is 2.40. The number of nitrogens with one attached hydrogen (secondary N) is 4. The van der Waals surface area contributed by atoms with Crippen molar-refractivity contribution >= 4 is 30.9 Å². The van der Waals surface area contributed by atoms with E-state index in [-0.39, 0.29) is 31.8 Å². The number of aromatic nitrogens is 2. The number of rotatable bonds is 17. The number of amides is 4. The van der Waals surface area contributed by atoms with Gasteiger partial charge < -0.3 is 46.4 Å². The van der Waals surface area contributed by atoms with Gasteiger partial charge in [0.1, 0.15) is 24.7 Å². The van der Waals surface area contributed by atoms with Crippen molar-refractivity contribution < 1.29 is 34.0 Å². The van der Waals surface area contributed by atoms with E-state index in [1.807, 2.05) is 44.2 Å². The van der Waals surface area contributed by atoms with Crippen LogP contribution in [0.1, 0.15) is 63.6 Å². The Kier molecular flexibility index (Phi) is 14.3. The molecule has 0 radical (unpaired) electrons. The largest absolute Gasteiger partial charge is 0.475 e. The van der Waals surface area contributed by atoms with E-state index in [9.17, 15) is 29.2 Å². The van der Waals surface area contributed by atoms with E-state index >= 15 is 0 Å². The lowest BCUT2D eigenvalue weighted by Gasteiger charge is -2.30. The number of imidazole rings is 1. The summed E-state index contributed by atoms with van der Waals surface area (Å²) in [5, 5.41) is 27.8. The lowest BCUT2D eigenvalue weighted by atomic mass is 9.77. The quantitative estimate of drug-likeness (QED) is 0.0954. The van der Waals surface area contributed by atoms with Crippen molar-refractivity contribution in [1.29, 1.82) is 0 Å². The smallest absolute Gasteiger partial charge is 0.445 e. The molecule has 2 heterocycles. The first-order valence-corrected chi connectivity index (χ1v) is 15.5. The third-order valence-electron chi connectivity index (χ3n) is 7.63. The number of carbonyl (C=O) groups excluding carboxylic acids is 4. The summed E-state index contributed by atoms with van der Waals surface area (Å²) in [6.45, 7) is 4.56. The van der Waals surface area contributed by atoms with Gasteiger partial charge in [0.05, 0.1) is 12.3 Å². The van der Waals surface area contributed by atoms with Crippen molar-refractivity contribution in [3.8, 4) is 0 Å². The Morgan fingerprint density at radius 1 is 1.07 bits per heavy atom. The number of ether oxygens (including phenoxy) is 1. The Labute approximate surface area is 264 Å². The van der Waals surface area contributed by atoms with Gasteiger partial charge in [0.25, 0.3) is 0 Å². The van der Waals surface area contributed by atoms with Crippen molar-refractivity contribution in [2.45, 2.75) is 89.5 Å². The van der Waals surface area contributed by atoms with Crippen LogP contribution in [-0.2, 0) is 32.1 Å². The predicted molar refractivity (Wildman–Crippen MR) is 167 cm³/mol. The molecule has 1 saturated heterocycles. The van der Waals surface area contributed by atoms with Crippen LogP contribution in [0.15, 0.2) is 42.9 Å². The third kappa shape index (κ3) is 11.5. The van der Waals surface area contributed by atoms with Gasteiger partial charge in [-0.05, 0) is 56.6 Å². The fraction of sp³-hybridized carbons (Fsp3) is 0.567. The molecule has 1 aliphatic heterocycles. The number of hydrogen-bond acceptors (Lipinski definition) is 9. The van der Waals surface area contributed by atoms with E-state index in [2.05, 4.69) is 25.9 Å². The van der Waals surface area contributed by atoms with Gasteiger partial charge in [-0.1, -0.05) is 44.2 Å². The number of carbonyl (C=O) groups is 4. The molecule has 3 rings (SSSR count). The molecule has 0 unspecified atom stereocenters. The molecule has 4 amide bonds. The summed E-state index contributed by atoms with van der Waals surface area (Å²) in [5.74, 6) is -2.40. The second-order valence-electron chi connectivity index (χ2n) is 11.7. The van der Waals surface area contributed by atoms with Crippen molar-refractivity contribution in [3.05, 3.63) is 54.1 Å². The molecule has 1 aromatic heterocycles. The minimum absolute atomic E-state index is 0.00482. The van der Waals surface area contributed by atoms with E-state index in [0.29, 0.717) is 44.5 Å². The van der Waals surface area contributed by atoms with Gasteiger partial charge in [0.15, 0.2) is 0 Å². The molecule has 0 bridgehead atoms. The Bertz CT molecular complexity index is 1220. The van der Waals surface area contributed by atoms with Gasteiger partial charge in [-0.2, -0.15) is 0 Å². The zero-order valence-corrected chi connectivity index (χ0v) is 26.0. The lowest BCUT2D eigenvalue weighted by Crippen LogP contribution is -2.59. The molecule has 2 aromatic rings. The van der Waals surface area contributed by atoms with Crippen LogP contribution in [0.5, 0.6) is 0 Å². The minimum atomic E-state index is -1.71. The molecule has 4 atom stereocenters. The molecule has 0 spiro atoms. The van der Waals surface area contributed by atoms with E-state index < -0.39 is 55.0 Å². The van der Waals surface area contributed by atoms with E-state index in [1.165, 1.54) is 17.4 Å². The van der Waals surface area contributed by atoms with Crippen molar-refractivity contribution in [1.82, 2.24) is 30.8 Å². The first-order valence-electron chi connectivity index (χ1n) is 15.5. The van der Waals surface area contributed by atoms with Crippen molar-refractivity contribution in [3.63, 3.8) is 0 Å². The van der Waals surface area contributed by atoms with Gasteiger partial charge in [0.2, 0.25) is 17.7 Å². The van der Waals surface area contributed by atoms with Crippen LogP contribution in [-0.4, -0.2) is 93.0 Å². The summed E-state index contributed by atoms with van der Waals surface area (Å²) < 4.78 is 5.32. The first kappa shape index (κ1) is 35.5. The summed E-state index contributed by atoms with van der Waals surface area (Å²) in [6.07, 6.45) is 5.06. The van der Waals surface area contributed by atoms with Crippen LogP contribution in [0, 0.1) is 5.92 Å². The Balaban J connectivity index is 1.73. The number of unbranched alkanes of at least 4 members (excludes halogenated alkanes) is 1. The van der Waals surface area contributed by atoms with Gasteiger partial charge in [-0.15, -0.1) is 0 Å². The minimum Gasteiger partial charge on any atom is -0.445 e. The molecule has 246 valence electrons. The van der Waals surface area contributed by atoms with Gasteiger partial charge in [-0.3, -0.25) is 14.4 Å². The lowest BCUT2D eigenvalue weighted by molar-refractivity contribution is -0.137.